The van der Waals surface area contributed by atoms with Crippen LogP contribution in [-0.4, -0.2) is 112 Å². The number of methoxy groups -OCH3 is 6. The minimum Gasteiger partial charge on any atom is -0.493 e. The first-order chi connectivity index (χ1) is 28.1. The number of carboxylic acids is 1. The van der Waals surface area contributed by atoms with Crippen LogP contribution in [0.5, 0.6) is 34.5 Å². The van der Waals surface area contributed by atoms with E-state index in [0.29, 0.717) is 89.7 Å². The zero-order chi connectivity index (χ0) is 41.6. The molecule has 4 aromatic rings. The highest BCUT2D eigenvalue weighted by molar-refractivity contribution is 5.74. The maximum absolute atomic E-state index is 12.1. The Balaban J connectivity index is 0.000000257. The molecule has 0 bridgehead atoms. The number of hydrogen-bond donors (Lipinski definition) is 3. The number of hydrogen-bond acceptors (Lipinski definition) is 17. The van der Waals surface area contributed by atoms with Gasteiger partial charge < -0.3 is 58.7 Å². The summed E-state index contributed by atoms with van der Waals surface area (Å²) in [6.07, 6.45) is 6.58. The molecule has 3 N–H and O–H groups in total. The van der Waals surface area contributed by atoms with Crippen molar-refractivity contribution in [3.05, 3.63) is 48.8 Å². The molecule has 2 fully saturated rings. The first kappa shape index (κ1) is 45.2. The molecule has 2 saturated heterocycles. The van der Waals surface area contributed by atoms with Crippen LogP contribution in [0.15, 0.2) is 48.8 Å². The van der Waals surface area contributed by atoms with Crippen LogP contribution in [0, 0.1) is 11.8 Å². The summed E-state index contributed by atoms with van der Waals surface area (Å²) in [4.78, 5) is 45.2. The standard InChI is InChI=1S/C21H28N4O5.C19H24N4O5.CH4/c1-5-30-20(26)14-7-6-10-25(13-14)18-8-9-22-21(24-18)23-15-11-16(27-2)19(29-4)17(12-15)28-3;1-26-14-9-13(10-15(27-2)17(14)28-3)21-19-20-7-6-16(22-19)23-8-4-5-12(11-23)18(24)25;/h8-9,11-12,14H,5-7,10,13H2,1-4H3,(H,22,23,24);6-7,9-10,12H,4-5,8,11H2,1-3H3,(H,24,25)(H,20,21,22);1H4/t14-;12-;/m00./s1. The van der Waals surface area contributed by atoms with Gasteiger partial charge in [-0.05, 0) is 44.7 Å². The summed E-state index contributed by atoms with van der Waals surface area (Å²) in [5, 5.41) is 15.6. The van der Waals surface area contributed by atoms with Crippen LogP contribution in [-0.2, 0) is 14.3 Å². The van der Waals surface area contributed by atoms with Crippen molar-refractivity contribution in [2.45, 2.75) is 40.0 Å². The van der Waals surface area contributed by atoms with E-state index in [1.165, 1.54) is 0 Å². The highest BCUT2D eigenvalue weighted by Gasteiger charge is 2.28. The number of rotatable bonds is 15. The van der Waals surface area contributed by atoms with E-state index in [-0.39, 0.29) is 25.2 Å². The van der Waals surface area contributed by atoms with Crippen LogP contribution in [0.4, 0.5) is 34.9 Å². The number of esters is 1. The van der Waals surface area contributed by atoms with Gasteiger partial charge in [-0.2, -0.15) is 9.97 Å². The monoisotopic (exact) mass is 820 g/mol. The third-order valence-corrected chi connectivity index (χ3v) is 9.58. The smallest absolute Gasteiger partial charge is 0.310 e. The summed E-state index contributed by atoms with van der Waals surface area (Å²) in [7, 11) is 9.33. The second-order valence-corrected chi connectivity index (χ2v) is 13.2. The van der Waals surface area contributed by atoms with Crippen LogP contribution in [0.3, 0.4) is 0 Å². The Morgan fingerprint density at radius 3 is 1.46 bits per heavy atom. The van der Waals surface area contributed by atoms with Gasteiger partial charge in [0, 0.05) is 74.2 Å². The maximum Gasteiger partial charge on any atom is 0.310 e. The SMILES string of the molecule is C.CCOC(=O)[C@H]1CCCN(c2ccnc(Nc3cc(OC)c(OC)c(OC)c3)n2)C1.COc1cc(Nc2nccc(N3CCC[C@H](C(=O)O)C3)n2)cc(OC)c1OC. The Hall–Kier alpha value is -6.46. The number of piperidine rings is 2. The second kappa shape index (κ2) is 21.9. The Bertz CT molecular complexity index is 1950. The van der Waals surface area contributed by atoms with E-state index in [0.717, 1.165) is 38.2 Å². The molecule has 0 saturated carbocycles. The summed E-state index contributed by atoms with van der Waals surface area (Å²) >= 11 is 0. The molecular weight excluding hydrogens is 764 g/mol. The molecule has 2 aromatic heterocycles. The van der Waals surface area contributed by atoms with Gasteiger partial charge in [-0.3, -0.25) is 9.59 Å². The van der Waals surface area contributed by atoms with Crippen molar-refractivity contribution in [2.75, 3.05) is 95.9 Å². The zero-order valence-electron chi connectivity index (χ0n) is 33.9. The number of nitrogens with zero attached hydrogens (tertiary/aromatic N) is 6. The molecule has 0 amide bonds. The average molecular weight is 821 g/mol. The Kier molecular flexibility index (Phi) is 16.8. The molecule has 59 heavy (non-hydrogen) atoms. The Labute approximate surface area is 345 Å². The zero-order valence-corrected chi connectivity index (χ0v) is 33.9. The number of carboxylic acid groups (broad SMARTS) is 1. The van der Waals surface area contributed by atoms with Crippen molar-refractivity contribution in [3.63, 3.8) is 0 Å². The van der Waals surface area contributed by atoms with Gasteiger partial charge in [0.25, 0.3) is 0 Å². The fraction of sp³-hybridized carbons (Fsp3) is 0.463. The molecular formula is C41H56N8O10. The van der Waals surface area contributed by atoms with Gasteiger partial charge in [0.05, 0.1) is 61.1 Å². The number of anilines is 6. The van der Waals surface area contributed by atoms with E-state index in [2.05, 4.69) is 35.5 Å². The molecule has 0 unspecified atom stereocenters. The Morgan fingerprint density at radius 2 is 1.08 bits per heavy atom. The van der Waals surface area contributed by atoms with E-state index >= 15 is 0 Å². The van der Waals surface area contributed by atoms with Gasteiger partial charge in [-0.25, -0.2) is 9.97 Å². The molecule has 2 aliphatic heterocycles. The molecule has 18 nitrogen and oxygen atoms in total. The van der Waals surface area contributed by atoms with E-state index in [1.54, 1.807) is 85.4 Å². The minimum atomic E-state index is -0.769. The van der Waals surface area contributed by atoms with Gasteiger partial charge >= 0.3 is 11.9 Å². The summed E-state index contributed by atoms with van der Waals surface area (Å²) in [5.74, 6) is 3.94. The van der Waals surface area contributed by atoms with Crippen LogP contribution < -0.4 is 48.9 Å². The highest BCUT2D eigenvalue weighted by atomic mass is 16.5. The highest BCUT2D eigenvalue weighted by Crippen LogP contribution is 2.41. The lowest BCUT2D eigenvalue weighted by Crippen LogP contribution is -2.39. The lowest BCUT2D eigenvalue weighted by molar-refractivity contribution is -0.148. The molecule has 2 aliphatic rings. The second-order valence-electron chi connectivity index (χ2n) is 13.2. The number of carbonyl (C=O) groups excluding carboxylic acids is 1. The first-order valence-electron chi connectivity index (χ1n) is 18.8. The minimum absolute atomic E-state index is 0. The number of aliphatic carboxylic acids is 1. The van der Waals surface area contributed by atoms with Gasteiger partial charge in [0.2, 0.25) is 23.4 Å². The van der Waals surface area contributed by atoms with Crippen LogP contribution >= 0.6 is 0 Å². The summed E-state index contributed by atoms with van der Waals surface area (Å²) in [6.45, 7) is 4.84. The molecule has 0 radical (unpaired) electrons. The molecule has 320 valence electrons. The summed E-state index contributed by atoms with van der Waals surface area (Å²) in [5.41, 5.74) is 1.37. The van der Waals surface area contributed by atoms with E-state index in [1.807, 2.05) is 17.9 Å². The number of benzene rings is 2. The van der Waals surface area contributed by atoms with Gasteiger partial charge in [0.15, 0.2) is 23.0 Å². The lowest BCUT2D eigenvalue weighted by atomic mass is 9.98. The van der Waals surface area contributed by atoms with E-state index in [4.69, 9.17) is 33.2 Å². The predicted octanol–water partition coefficient (Wildman–Crippen LogP) is 6.21. The van der Waals surface area contributed by atoms with Crippen molar-refractivity contribution >= 4 is 46.8 Å². The number of ether oxygens (including phenoxy) is 7. The molecule has 2 atom stereocenters. The topological polar surface area (TPSA) is 201 Å². The molecule has 4 heterocycles. The number of aromatic nitrogens is 4. The van der Waals surface area contributed by atoms with E-state index < -0.39 is 5.97 Å². The Morgan fingerprint density at radius 1 is 0.678 bits per heavy atom. The normalized spacial score (nSPS) is 15.9. The van der Waals surface area contributed by atoms with Gasteiger partial charge in [-0.1, -0.05) is 7.43 Å². The van der Waals surface area contributed by atoms with Crippen LogP contribution in [0.1, 0.15) is 40.0 Å². The quantitative estimate of drug-likeness (QED) is 0.114. The molecule has 2 aromatic carbocycles. The summed E-state index contributed by atoms with van der Waals surface area (Å²) < 4.78 is 37.4. The van der Waals surface area contributed by atoms with Crippen molar-refractivity contribution in [1.82, 2.24) is 19.9 Å². The third kappa shape index (κ3) is 11.6. The fourth-order valence-corrected chi connectivity index (χ4v) is 6.76. The van der Waals surface area contributed by atoms with Crippen LogP contribution in [0.25, 0.3) is 0 Å². The van der Waals surface area contributed by atoms with Crippen molar-refractivity contribution in [3.8, 4) is 34.5 Å². The fourth-order valence-electron chi connectivity index (χ4n) is 6.76. The summed E-state index contributed by atoms with van der Waals surface area (Å²) in [6, 6.07) is 10.7. The van der Waals surface area contributed by atoms with Gasteiger partial charge in [-0.15, -0.1) is 0 Å². The molecule has 0 spiro atoms. The van der Waals surface area contributed by atoms with Crippen LogP contribution in [0.2, 0.25) is 0 Å². The first-order valence-corrected chi connectivity index (χ1v) is 18.8. The number of nitrogens with one attached hydrogen (secondary N) is 2. The average Bonchev–Trinajstić information content (AvgIpc) is 3.26. The number of carbonyl (C=O) groups is 2. The van der Waals surface area contributed by atoms with Crippen molar-refractivity contribution in [1.29, 1.82) is 0 Å². The molecule has 18 heteroatoms. The third-order valence-electron chi connectivity index (χ3n) is 9.58. The lowest BCUT2D eigenvalue weighted by Gasteiger charge is -2.32. The van der Waals surface area contributed by atoms with Gasteiger partial charge in [0.1, 0.15) is 11.6 Å². The maximum atomic E-state index is 12.1. The van der Waals surface area contributed by atoms with E-state index in [9.17, 15) is 14.7 Å². The molecule has 6 rings (SSSR count). The van der Waals surface area contributed by atoms with Crippen molar-refractivity contribution < 1.29 is 47.9 Å². The predicted molar refractivity (Wildman–Crippen MR) is 224 cm³/mol. The molecule has 0 aliphatic carbocycles. The largest absolute Gasteiger partial charge is 0.493 e. The van der Waals surface area contributed by atoms with Crippen molar-refractivity contribution in [2.24, 2.45) is 11.8 Å².